The normalized spacial score (nSPS) is 16.4. The zero-order valence-corrected chi connectivity index (χ0v) is 14.2. The van der Waals surface area contributed by atoms with Gasteiger partial charge in [0.2, 0.25) is 5.91 Å². The van der Waals surface area contributed by atoms with E-state index >= 15 is 0 Å². The molecule has 0 aliphatic heterocycles. The van der Waals surface area contributed by atoms with Gasteiger partial charge in [0, 0.05) is 6.04 Å². The van der Waals surface area contributed by atoms with Gasteiger partial charge in [-0.25, -0.2) is 0 Å². The molecule has 3 N–H and O–H groups in total. The molecule has 0 aromatic heterocycles. The summed E-state index contributed by atoms with van der Waals surface area (Å²) in [5.74, 6) is -0.268. The molecule has 5 heteroatoms. The van der Waals surface area contributed by atoms with Crippen molar-refractivity contribution in [3.8, 4) is 0 Å². The first-order valence-corrected chi connectivity index (χ1v) is 7.70. The van der Waals surface area contributed by atoms with Gasteiger partial charge in [-0.1, -0.05) is 13.8 Å². The van der Waals surface area contributed by atoms with Gasteiger partial charge in [0.15, 0.2) is 0 Å². The van der Waals surface area contributed by atoms with Gasteiger partial charge in [-0.15, -0.1) is 0 Å². The summed E-state index contributed by atoms with van der Waals surface area (Å²) in [5.41, 5.74) is 4.94. The molecule has 0 rings (SSSR count). The van der Waals surface area contributed by atoms with Crippen molar-refractivity contribution in [1.82, 2.24) is 15.1 Å². The van der Waals surface area contributed by atoms with Gasteiger partial charge in [-0.2, -0.15) is 0 Å². The minimum atomic E-state index is -0.622. The topological polar surface area (TPSA) is 61.6 Å². The van der Waals surface area contributed by atoms with E-state index in [1.807, 2.05) is 13.8 Å². The van der Waals surface area contributed by atoms with Crippen LogP contribution in [0.4, 0.5) is 0 Å². The summed E-state index contributed by atoms with van der Waals surface area (Å²) in [6, 6.07) is 0.332. The molecule has 0 bridgehead atoms. The molecular weight excluding hydrogens is 252 g/mol. The van der Waals surface area contributed by atoms with Crippen LogP contribution < -0.4 is 11.1 Å². The highest BCUT2D eigenvalue weighted by atomic mass is 16.1. The number of amides is 1. The lowest BCUT2D eigenvalue weighted by Gasteiger charge is -2.35. The molecule has 0 heterocycles. The molecule has 2 atom stereocenters. The van der Waals surface area contributed by atoms with Gasteiger partial charge in [0.05, 0.1) is 5.54 Å². The van der Waals surface area contributed by atoms with Crippen molar-refractivity contribution >= 4 is 5.91 Å². The first-order valence-electron chi connectivity index (χ1n) is 7.70. The van der Waals surface area contributed by atoms with Crippen LogP contribution in [0, 0.1) is 0 Å². The lowest BCUT2D eigenvalue weighted by molar-refractivity contribution is -0.124. The predicted octanol–water partition coefficient (Wildman–Crippen LogP) is 0.892. The van der Waals surface area contributed by atoms with Crippen LogP contribution in [-0.2, 0) is 4.79 Å². The van der Waals surface area contributed by atoms with E-state index < -0.39 is 5.54 Å². The second-order valence-electron chi connectivity index (χ2n) is 6.07. The Morgan fingerprint density at radius 2 is 1.90 bits per heavy atom. The maximum atomic E-state index is 11.7. The summed E-state index contributed by atoms with van der Waals surface area (Å²) in [7, 11) is 4.18. The maximum absolute atomic E-state index is 11.7. The fraction of sp³-hybridized carbons (Fsp3) is 0.933. The molecule has 2 unspecified atom stereocenters. The summed E-state index contributed by atoms with van der Waals surface area (Å²) < 4.78 is 0. The number of nitrogens with two attached hydrogens (primary N) is 1. The standard InChI is InChI=1S/C15H34N4O/c1-7-17-15(4,14(16)20)12-13(3)19(8-2)11-9-10-18(5)6/h13,17H,7-12H2,1-6H3,(H2,16,20). The number of carbonyl (C=O) groups is 1. The summed E-state index contributed by atoms with van der Waals surface area (Å²) in [6.45, 7) is 12.1. The molecule has 0 spiro atoms. The Morgan fingerprint density at radius 3 is 2.30 bits per heavy atom. The van der Waals surface area contributed by atoms with Gasteiger partial charge >= 0.3 is 0 Å². The zero-order valence-electron chi connectivity index (χ0n) is 14.2. The highest BCUT2D eigenvalue weighted by Gasteiger charge is 2.33. The Labute approximate surface area is 124 Å². The number of rotatable bonds is 11. The summed E-state index contributed by atoms with van der Waals surface area (Å²) >= 11 is 0. The number of hydrogen-bond acceptors (Lipinski definition) is 4. The second kappa shape index (κ2) is 9.32. The number of likely N-dealkylation sites (N-methyl/N-ethyl adjacent to an activating group) is 1. The Hall–Kier alpha value is -0.650. The average Bonchev–Trinajstić information content (AvgIpc) is 2.34. The highest BCUT2D eigenvalue weighted by molar-refractivity contribution is 5.84. The SMILES string of the molecule is CCNC(C)(CC(C)N(CC)CCCN(C)C)C(N)=O. The largest absolute Gasteiger partial charge is 0.368 e. The van der Waals surface area contributed by atoms with E-state index in [0.29, 0.717) is 6.04 Å². The van der Waals surface area contributed by atoms with Crippen molar-refractivity contribution in [3.05, 3.63) is 0 Å². The number of carbonyl (C=O) groups excluding carboxylic acids is 1. The number of primary amides is 1. The molecule has 0 saturated heterocycles. The molecule has 0 radical (unpaired) electrons. The van der Waals surface area contributed by atoms with Crippen molar-refractivity contribution in [1.29, 1.82) is 0 Å². The van der Waals surface area contributed by atoms with Crippen molar-refractivity contribution in [2.75, 3.05) is 40.3 Å². The molecular formula is C15H34N4O. The van der Waals surface area contributed by atoms with Gasteiger partial charge in [0.1, 0.15) is 0 Å². The molecule has 1 amide bonds. The fourth-order valence-electron chi connectivity index (χ4n) is 2.65. The lowest BCUT2D eigenvalue weighted by atomic mass is 9.92. The smallest absolute Gasteiger partial charge is 0.237 e. The van der Waals surface area contributed by atoms with E-state index in [1.165, 1.54) is 0 Å². The molecule has 0 saturated carbocycles. The number of hydrogen-bond donors (Lipinski definition) is 2. The average molecular weight is 286 g/mol. The van der Waals surface area contributed by atoms with Crippen molar-refractivity contribution in [2.45, 2.75) is 52.1 Å². The second-order valence-corrected chi connectivity index (χ2v) is 6.07. The van der Waals surface area contributed by atoms with Crippen LogP contribution in [0.5, 0.6) is 0 Å². The molecule has 0 aromatic rings. The van der Waals surface area contributed by atoms with E-state index in [2.05, 4.69) is 43.1 Å². The van der Waals surface area contributed by atoms with Crippen LogP contribution >= 0.6 is 0 Å². The molecule has 0 aromatic carbocycles. The van der Waals surface area contributed by atoms with Gasteiger partial charge in [-0.05, 0) is 67.0 Å². The number of nitrogens with one attached hydrogen (secondary N) is 1. The highest BCUT2D eigenvalue weighted by Crippen LogP contribution is 2.16. The molecule has 0 aliphatic carbocycles. The van der Waals surface area contributed by atoms with Crippen molar-refractivity contribution in [2.24, 2.45) is 5.73 Å². The van der Waals surface area contributed by atoms with Crippen molar-refractivity contribution in [3.63, 3.8) is 0 Å². The van der Waals surface area contributed by atoms with Crippen LogP contribution in [0.1, 0.15) is 40.5 Å². The summed E-state index contributed by atoms with van der Waals surface area (Å²) in [6.07, 6.45) is 1.88. The maximum Gasteiger partial charge on any atom is 0.237 e. The number of nitrogens with zero attached hydrogens (tertiary/aromatic N) is 2. The Balaban J connectivity index is 4.51. The Bertz CT molecular complexity index is 283. The van der Waals surface area contributed by atoms with E-state index in [4.69, 9.17) is 5.73 Å². The Kier molecular flexibility index (Phi) is 9.01. The van der Waals surface area contributed by atoms with Crippen LogP contribution in [0.2, 0.25) is 0 Å². The third kappa shape index (κ3) is 6.68. The first kappa shape index (κ1) is 19.4. The lowest BCUT2D eigenvalue weighted by Crippen LogP contribution is -2.56. The third-order valence-corrected chi connectivity index (χ3v) is 3.89. The third-order valence-electron chi connectivity index (χ3n) is 3.89. The van der Waals surface area contributed by atoms with Crippen LogP contribution in [0.25, 0.3) is 0 Å². The monoisotopic (exact) mass is 286 g/mol. The van der Waals surface area contributed by atoms with Crippen LogP contribution in [0.15, 0.2) is 0 Å². The summed E-state index contributed by atoms with van der Waals surface area (Å²) in [5, 5.41) is 3.23. The molecule has 120 valence electrons. The van der Waals surface area contributed by atoms with E-state index in [0.717, 1.165) is 39.0 Å². The van der Waals surface area contributed by atoms with Gasteiger partial charge < -0.3 is 20.9 Å². The van der Waals surface area contributed by atoms with Crippen molar-refractivity contribution < 1.29 is 4.79 Å². The van der Waals surface area contributed by atoms with Crippen LogP contribution in [-0.4, -0.2) is 67.6 Å². The van der Waals surface area contributed by atoms with Gasteiger partial charge in [-0.3, -0.25) is 4.79 Å². The van der Waals surface area contributed by atoms with E-state index in [1.54, 1.807) is 0 Å². The van der Waals surface area contributed by atoms with E-state index in [9.17, 15) is 4.79 Å². The molecule has 0 fully saturated rings. The predicted molar refractivity (Wildman–Crippen MR) is 85.8 cm³/mol. The fourth-order valence-corrected chi connectivity index (χ4v) is 2.65. The summed E-state index contributed by atoms with van der Waals surface area (Å²) in [4.78, 5) is 16.3. The minimum Gasteiger partial charge on any atom is -0.368 e. The quantitative estimate of drug-likeness (QED) is 0.592. The minimum absolute atomic E-state index is 0.268. The van der Waals surface area contributed by atoms with Gasteiger partial charge in [0.25, 0.3) is 0 Å². The Morgan fingerprint density at radius 1 is 1.30 bits per heavy atom. The zero-order chi connectivity index (χ0) is 15.8. The molecule has 20 heavy (non-hydrogen) atoms. The van der Waals surface area contributed by atoms with Crippen LogP contribution in [0.3, 0.4) is 0 Å². The van der Waals surface area contributed by atoms with E-state index in [-0.39, 0.29) is 5.91 Å². The molecule has 5 nitrogen and oxygen atoms in total. The molecule has 0 aliphatic rings. The first-order chi connectivity index (χ1) is 9.26.